The molecule has 0 aromatic heterocycles. The Bertz CT molecular complexity index is 437. The SMILES string of the molecule is CCC(C(=O)S)S(=O)(=O)c1ccccc1. The molecule has 0 heterocycles. The van der Waals surface area contributed by atoms with Gasteiger partial charge in [0.1, 0.15) is 5.25 Å². The first-order valence-electron chi connectivity index (χ1n) is 4.52. The van der Waals surface area contributed by atoms with Crippen molar-refractivity contribution in [3.8, 4) is 0 Å². The lowest BCUT2D eigenvalue weighted by molar-refractivity contribution is -0.110. The van der Waals surface area contributed by atoms with Crippen LogP contribution in [0, 0.1) is 0 Å². The van der Waals surface area contributed by atoms with Crippen LogP contribution in [0.15, 0.2) is 35.2 Å². The fraction of sp³-hybridized carbons (Fsp3) is 0.300. The zero-order valence-electron chi connectivity index (χ0n) is 8.25. The molecule has 1 aromatic rings. The maximum atomic E-state index is 11.9. The Labute approximate surface area is 94.8 Å². The molecule has 0 N–H and O–H groups in total. The van der Waals surface area contributed by atoms with Crippen molar-refractivity contribution in [3.05, 3.63) is 30.3 Å². The Morgan fingerprint density at radius 3 is 2.27 bits per heavy atom. The van der Waals surface area contributed by atoms with Gasteiger partial charge >= 0.3 is 0 Å². The van der Waals surface area contributed by atoms with Crippen LogP contribution in [0.3, 0.4) is 0 Å². The number of carbonyl (C=O) groups excluding carboxylic acids is 1. The predicted molar refractivity (Wildman–Crippen MR) is 61.7 cm³/mol. The van der Waals surface area contributed by atoms with Gasteiger partial charge in [-0.2, -0.15) is 0 Å². The molecule has 0 aliphatic carbocycles. The highest BCUT2D eigenvalue weighted by molar-refractivity contribution is 8.01. The van der Waals surface area contributed by atoms with Gasteiger partial charge in [-0.15, -0.1) is 12.6 Å². The minimum atomic E-state index is -3.58. The molecule has 0 aliphatic heterocycles. The van der Waals surface area contributed by atoms with Gasteiger partial charge in [0, 0.05) is 0 Å². The molecule has 1 unspecified atom stereocenters. The van der Waals surface area contributed by atoms with Gasteiger partial charge in [-0.25, -0.2) is 8.42 Å². The Morgan fingerprint density at radius 2 is 1.87 bits per heavy atom. The van der Waals surface area contributed by atoms with Crippen LogP contribution < -0.4 is 0 Å². The summed E-state index contributed by atoms with van der Waals surface area (Å²) in [6, 6.07) is 7.94. The molecule has 0 saturated carbocycles. The van der Waals surface area contributed by atoms with E-state index in [-0.39, 0.29) is 11.3 Å². The first-order valence-corrected chi connectivity index (χ1v) is 6.51. The largest absolute Gasteiger partial charge is 0.286 e. The van der Waals surface area contributed by atoms with Crippen molar-refractivity contribution in [2.75, 3.05) is 0 Å². The molecule has 0 spiro atoms. The number of sulfone groups is 1. The third-order valence-corrected chi connectivity index (χ3v) is 4.80. The zero-order chi connectivity index (χ0) is 11.5. The van der Waals surface area contributed by atoms with Gasteiger partial charge < -0.3 is 0 Å². The summed E-state index contributed by atoms with van der Waals surface area (Å²) in [4.78, 5) is 11.2. The fourth-order valence-electron chi connectivity index (χ4n) is 1.30. The summed E-state index contributed by atoms with van der Waals surface area (Å²) in [5.74, 6) is 0. The number of carbonyl (C=O) groups is 1. The second-order valence-electron chi connectivity index (χ2n) is 3.09. The molecular weight excluding hydrogens is 232 g/mol. The van der Waals surface area contributed by atoms with E-state index in [2.05, 4.69) is 12.6 Å². The number of benzene rings is 1. The van der Waals surface area contributed by atoms with Crippen LogP contribution in [0.1, 0.15) is 13.3 Å². The van der Waals surface area contributed by atoms with Crippen LogP contribution in [0.2, 0.25) is 0 Å². The van der Waals surface area contributed by atoms with Gasteiger partial charge in [0.15, 0.2) is 9.84 Å². The molecule has 3 nitrogen and oxygen atoms in total. The predicted octanol–water partition coefficient (Wildman–Crippen LogP) is 1.70. The van der Waals surface area contributed by atoms with Crippen molar-refractivity contribution >= 4 is 27.6 Å². The van der Waals surface area contributed by atoms with Crippen molar-refractivity contribution in [1.29, 1.82) is 0 Å². The number of rotatable bonds is 4. The standard InChI is InChI=1S/C10H12O3S2/c1-2-9(10(11)14)15(12,13)8-6-4-3-5-7-8/h3-7,9H,2H2,1H3,(H,11,14). The molecule has 0 saturated heterocycles. The molecular formula is C10H12O3S2. The Hall–Kier alpha value is -0.810. The minimum absolute atomic E-state index is 0.166. The van der Waals surface area contributed by atoms with Crippen LogP contribution in [-0.4, -0.2) is 18.8 Å². The smallest absolute Gasteiger partial charge is 0.204 e. The van der Waals surface area contributed by atoms with Crippen molar-refractivity contribution in [2.45, 2.75) is 23.5 Å². The van der Waals surface area contributed by atoms with E-state index in [0.29, 0.717) is 0 Å². The Balaban J connectivity index is 3.19. The van der Waals surface area contributed by atoms with E-state index in [1.54, 1.807) is 25.1 Å². The van der Waals surface area contributed by atoms with Crippen LogP contribution in [0.4, 0.5) is 0 Å². The molecule has 15 heavy (non-hydrogen) atoms. The highest BCUT2D eigenvalue weighted by Gasteiger charge is 2.30. The van der Waals surface area contributed by atoms with Gasteiger partial charge in [0.05, 0.1) is 4.90 Å². The molecule has 1 aromatic carbocycles. The summed E-state index contributed by atoms with van der Waals surface area (Å²) < 4.78 is 23.9. The van der Waals surface area contributed by atoms with E-state index < -0.39 is 20.2 Å². The molecule has 0 amide bonds. The van der Waals surface area contributed by atoms with Gasteiger partial charge in [-0.1, -0.05) is 25.1 Å². The summed E-state index contributed by atoms with van der Waals surface area (Å²) in [5.41, 5.74) is 0. The summed E-state index contributed by atoms with van der Waals surface area (Å²) in [7, 11) is -3.58. The second kappa shape index (κ2) is 4.81. The normalized spacial score (nSPS) is 13.5. The van der Waals surface area contributed by atoms with Crippen molar-refractivity contribution in [1.82, 2.24) is 0 Å². The first-order chi connectivity index (χ1) is 7.00. The van der Waals surface area contributed by atoms with E-state index in [0.717, 1.165) is 0 Å². The quantitative estimate of drug-likeness (QED) is 0.820. The van der Waals surface area contributed by atoms with Gasteiger partial charge in [0.25, 0.3) is 0 Å². The molecule has 0 fully saturated rings. The molecule has 1 rings (SSSR count). The second-order valence-corrected chi connectivity index (χ2v) is 5.66. The van der Waals surface area contributed by atoms with Crippen LogP contribution in [0.25, 0.3) is 0 Å². The highest BCUT2D eigenvalue weighted by Crippen LogP contribution is 2.19. The first kappa shape index (κ1) is 12.3. The lowest BCUT2D eigenvalue weighted by Crippen LogP contribution is -2.26. The van der Waals surface area contributed by atoms with E-state index in [4.69, 9.17) is 0 Å². The van der Waals surface area contributed by atoms with E-state index in [9.17, 15) is 13.2 Å². The molecule has 5 heteroatoms. The molecule has 1 atom stereocenters. The van der Waals surface area contributed by atoms with Crippen LogP contribution >= 0.6 is 12.6 Å². The van der Waals surface area contributed by atoms with E-state index in [1.807, 2.05) is 0 Å². The maximum Gasteiger partial charge on any atom is 0.204 e. The monoisotopic (exact) mass is 244 g/mol. The highest BCUT2D eigenvalue weighted by atomic mass is 32.2. The molecule has 0 bridgehead atoms. The van der Waals surface area contributed by atoms with Gasteiger partial charge in [-0.3, -0.25) is 4.79 Å². The average molecular weight is 244 g/mol. The minimum Gasteiger partial charge on any atom is -0.286 e. The molecule has 0 aliphatic rings. The number of hydrogen-bond donors (Lipinski definition) is 1. The topological polar surface area (TPSA) is 51.2 Å². The lowest BCUT2D eigenvalue weighted by Gasteiger charge is -2.11. The summed E-state index contributed by atoms with van der Waals surface area (Å²) >= 11 is 3.60. The number of thiol groups is 1. The Kier molecular flexibility index (Phi) is 3.93. The van der Waals surface area contributed by atoms with Gasteiger partial charge in [-0.05, 0) is 18.6 Å². The van der Waals surface area contributed by atoms with Crippen molar-refractivity contribution in [2.24, 2.45) is 0 Å². The van der Waals surface area contributed by atoms with Crippen molar-refractivity contribution < 1.29 is 13.2 Å². The third-order valence-electron chi connectivity index (χ3n) is 2.09. The molecule has 0 radical (unpaired) electrons. The van der Waals surface area contributed by atoms with Crippen molar-refractivity contribution in [3.63, 3.8) is 0 Å². The van der Waals surface area contributed by atoms with E-state index >= 15 is 0 Å². The third kappa shape index (κ3) is 2.60. The summed E-state index contributed by atoms with van der Waals surface area (Å²) in [6.45, 7) is 1.65. The van der Waals surface area contributed by atoms with Crippen LogP contribution in [0.5, 0.6) is 0 Å². The summed E-state index contributed by atoms with van der Waals surface area (Å²) in [6.07, 6.45) is 0.236. The molecule has 82 valence electrons. The average Bonchev–Trinajstić information content (AvgIpc) is 2.19. The Morgan fingerprint density at radius 1 is 1.33 bits per heavy atom. The van der Waals surface area contributed by atoms with Crippen LogP contribution in [-0.2, 0) is 14.6 Å². The van der Waals surface area contributed by atoms with E-state index in [1.165, 1.54) is 12.1 Å². The summed E-state index contributed by atoms with van der Waals surface area (Å²) in [5, 5.41) is -1.66. The lowest BCUT2D eigenvalue weighted by atomic mass is 10.3. The maximum absolute atomic E-state index is 11.9. The zero-order valence-corrected chi connectivity index (χ0v) is 9.96. The van der Waals surface area contributed by atoms with Gasteiger partial charge in [0.2, 0.25) is 5.12 Å². The fourth-order valence-corrected chi connectivity index (χ4v) is 3.47. The number of hydrogen-bond acceptors (Lipinski definition) is 3.